The molecule has 96 valence electrons. The van der Waals surface area contributed by atoms with Crippen molar-refractivity contribution in [2.45, 2.75) is 6.10 Å². The summed E-state index contributed by atoms with van der Waals surface area (Å²) in [4.78, 5) is 22.9. The van der Waals surface area contributed by atoms with Crippen molar-refractivity contribution in [3.05, 3.63) is 71.3 Å². The van der Waals surface area contributed by atoms with Crippen molar-refractivity contribution in [3.8, 4) is 0 Å². The highest BCUT2D eigenvalue weighted by atomic mass is 16.4. The quantitative estimate of drug-likeness (QED) is 0.823. The van der Waals surface area contributed by atoms with Crippen LogP contribution in [-0.2, 0) is 0 Å². The molecule has 19 heavy (non-hydrogen) atoms. The van der Waals surface area contributed by atoms with Crippen LogP contribution in [0.15, 0.2) is 54.6 Å². The van der Waals surface area contributed by atoms with Crippen LogP contribution in [0.3, 0.4) is 0 Å². The molecule has 0 amide bonds. The number of aliphatic hydroxyl groups excluding tert-OH is 1. The highest BCUT2D eigenvalue weighted by Crippen LogP contribution is 2.18. The first-order chi connectivity index (χ1) is 9.09. The molecule has 1 atom stereocenters. The van der Waals surface area contributed by atoms with Crippen LogP contribution < -0.4 is 0 Å². The average Bonchev–Trinajstić information content (AvgIpc) is 2.46. The number of carboxylic acids is 1. The van der Waals surface area contributed by atoms with Crippen molar-refractivity contribution >= 4 is 11.8 Å². The lowest BCUT2D eigenvalue weighted by Gasteiger charge is -2.10. The Hall–Kier alpha value is -2.46. The van der Waals surface area contributed by atoms with E-state index < -0.39 is 17.9 Å². The maximum Gasteiger partial charge on any atom is 0.335 e. The van der Waals surface area contributed by atoms with Crippen molar-refractivity contribution in [2.24, 2.45) is 0 Å². The fraction of sp³-hybridized carbons (Fsp3) is 0.0667. The number of ketones is 1. The summed E-state index contributed by atoms with van der Waals surface area (Å²) in [6.45, 7) is 0. The highest BCUT2D eigenvalue weighted by molar-refractivity contribution is 6.01. The van der Waals surface area contributed by atoms with Gasteiger partial charge in [-0.1, -0.05) is 42.5 Å². The summed E-state index contributed by atoms with van der Waals surface area (Å²) in [6, 6.07) is 14.1. The smallest absolute Gasteiger partial charge is 0.335 e. The topological polar surface area (TPSA) is 74.6 Å². The van der Waals surface area contributed by atoms with Crippen molar-refractivity contribution in [1.82, 2.24) is 0 Å². The average molecular weight is 256 g/mol. The van der Waals surface area contributed by atoms with E-state index in [0.29, 0.717) is 5.56 Å². The van der Waals surface area contributed by atoms with Crippen molar-refractivity contribution in [2.75, 3.05) is 0 Å². The van der Waals surface area contributed by atoms with Crippen molar-refractivity contribution < 1.29 is 19.8 Å². The molecule has 2 N–H and O–H groups in total. The summed E-state index contributed by atoms with van der Waals surface area (Å²) >= 11 is 0. The number of Topliss-reactive ketones (excluding diaryl/α,β-unsaturated/α-hetero) is 1. The van der Waals surface area contributed by atoms with Gasteiger partial charge < -0.3 is 10.2 Å². The Morgan fingerprint density at radius 1 is 0.895 bits per heavy atom. The van der Waals surface area contributed by atoms with Gasteiger partial charge in [-0.15, -0.1) is 0 Å². The van der Waals surface area contributed by atoms with Gasteiger partial charge in [-0.25, -0.2) is 4.79 Å². The molecule has 4 heteroatoms. The van der Waals surface area contributed by atoms with E-state index in [9.17, 15) is 14.7 Å². The largest absolute Gasteiger partial charge is 0.478 e. The van der Waals surface area contributed by atoms with E-state index in [0.717, 1.165) is 0 Å². The third-order valence-corrected chi connectivity index (χ3v) is 2.76. The number of benzene rings is 2. The first-order valence-electron chi connectivity index (χ1n) is 5.70. The van der Waals surface area contributed by atoms with Gasteiger partial charge in [-0.3, -0.25) is 4.79 Å². The van der Waals surface area contributed by atoms with Gasteiger partial charge in [-0.05, 0) is 17.7 Å². The molecular formula is C15H12O4. The van der Waals surface area contributed by atoms with Gasteiger partial charge >= 0.3 is 5.97 Å². The lowest BCUT2D eigenvalue weighted by atomic mass is 9.99. The lowest BCUT2D eigenvalue weighted by molar-refractivity contribution is 0.0696. The minimum Gasteiger partial charge on any atom is -0.478 e. The van der Waals surface area contributed by atoms with Crippen LogP contribution in [0.1, 0.15) is 32.4 Å². The first kappa shape index (κ1) is 13.0. The predicted molar refractivity (Wildman–Crippen MR) is 69.1 cm³/mol. The molecule has 2 aromatic rings. The molecule has 0 aliphatic carbocycles. The maximum absolute atomic E-state index is 12.1. The number of carbonyl (C=O) groups is 2. The van der Waals surface area contributed by atoms with Crippen molar-refractivity contribution in [3.63, 3.8) is 0 Å². The maximum atomic E-state index is 12.1. The molecular weight excluding hydrogens is 244 g/mol. The van der Waals surface area contributed by atoms with Crippen LogP contribution >= 0.6 is 0 Å². The monoisotopic (exact) mass is 256 g/mol. The Balaban J connectivity index is 2.29. The van der Waals surface area contributed by atoms with Gasteiger partial charge in [0.25, 0.3) is 0 Å². The minimum absolute atomic E-state index is 0.0195. The van der Waals surface area contributed by atoms with E-state index in [1.807, 2.05) is 0 Å². The zero-order chi connectivity index (χ0) is 13.8. The molecule has 0 saturated carbocycles. The van der Waals surface area contributed by atoms with E-state index in [-0.39, 0.29) is 11.1 Å². The lowest BCUT2D eigenvalue weighted by Crippen LogP contribution is -2.13. The fourth-order valence-electron chi connectivity index (χ4n) is 1.75. The summed E-state index contributed by atoms with van der Waals surface area (Å²) in [5, 5.41) is 18.8. The summed E-state index contributed by atoms with van der Waals surface area (Å²) < 4.78 is 0. The van der Waals surface area contributed by atoms with E-state index in [1.165, 1.54) is 24.3 Å². The van der Waals surface area contributed by atoms with Gasteiger partial charge in [0.2, 0.25) is 0 Å². The summed E-state index contributed by atoms with van der Waals surface area (Å²) in [5.41, 5.74) is 0.676. The number of aliphatic hydroxyl groups is 1. The molecule has 4 nitrogen and oxygen atoms in total. The van der Waals surface area contributed by atoms with E-state index in [4.69, 9.17) is 5.11 Å². The summed E-state index contributed by atoms with van der Waals surface area (Å²) in [6.07, 6.45) is -1.29. The Bertz CT molecular complexity index is 605. The molecule has 0 aliphatic heterocycles. The minimum atomic E-state index is -1.29. The number of hydrogen-bond acceptors (Lipinski definition) is 3. The molecule has 0 saturated heterocycles. The predicted octanol–water partition coefficient (Wildman–Crippen LogP) is 2.30. The van der Waals surface area contributed by atoms with Crippen LogP contribution in [-0.4, -0.2) is 22.0 Å². The standard InChI is InChI=1S/C15H12O4/c16-13(10-5-2-1-3-6-10)14(17)11-7-4-8-12(9-11)15(18)19/h1-9,13,16H,(H,18,19). The number of rotatable bonds is 4. The van der Waals surface area contributed by atoms with Crippen LogP contribution in [0, 0.1) is 0 Å². The molecule has 0 bridgehead atoms. The Kier molecular flexibility index (Phi) is 3.73. The van der Waals surface area contributed by atoms with Gasteiger partial charge in [0.05, 0.1) is 5.56 Å². The second-order valence-electron chi connectivity index (χ2n) is 4.06. The number of hydrogen-bond donors (Lipinski definition) is 2. The molecule has 0 aromatic heterocycles. The second-order valence-corrected chi connectivity index (χ2v) is 4.06. The van der Waals surface area contributed by atoms with Gasteiger partial charge in [0, 0.05) is 5.56 Å². The fourth-order valence-corrected chi connectivity index (χ4v) is 1.75. The zero-order valence-electron chi connectivity index (χ0n) is 9.98. The van der Waals surface area contributed by atoms with Crippen molar-refractivity contribution in [1.29, 1.82) is 0 Å². The number of carboxylic acid groups (broad SMARTS) is 1. The Morgan fingerprint density at radius 3 is 2.16 bits per heavy atom. The number of aromatic carboxylic acids is 1. The summed E-state index contributed by atoms with van der Waals surface area (Å²) in [5.74, 6) is -1.63. The van der Waals surface area contributed by atoms with Crippen LogP contribution in [0.4, 0.5) is 0 Å². The van der Waals surface area contributed by atoms with E-state index >= 15 is 0 Å². The van der Waals surface area contributed by atoms with E-state index in [1.54, 1.807) is 30.3 Å². The third kappa shape index (κ3) is 2.86. The Labute approximate surface area is 109 Å². The molecule has 0 heterocycles. The first-order valence-corrected chi connectivity index (χ1v) is 5.70. The van der Waals surface area contributed by atoms with Crippen LogP contribution in [0.25, 0.3) is 0 Å². The summed E-state index contributed by atoms with van der Waals surface area (Å²) in [7, 11) is 0. The molecule has 2 aromatic carbocycles. The molecule has 0 radical (unpaired) electrons. The normalized spacial score (nSPS) is 11.8. The molecule has 1 unspecified atom stereocenters. The highest BCUT2D eigenvalue weighted by Gasteiger charge is 2.19. The van der Waals surface area contributed by atoms with Crippen LogP contribution in [0.5, 0.6) is 0 Å². The van der Waals surface area contributed by atoms with Gasteiger partial charge in [-0.2, -0.15) is 0 Å². The molecule has 2 rings (SSSR count). The molecule has 0 spiro atoms. The molecule has 0 fully saturated rings. The zero-order valence-corrected chi connectivity index (χ0v) is 9.98. The number of carbonyl (C=O) groups excluding carboxylic acids is 1. The third-order valence-electron chi connectivity index (χ3n) is 2.76. The van der Waals surface area contributed by atoms with E-state index in [2.05, 4.69) is 0 Å². The second kappa shape index (κ2) is 5.46. The van der Waals surface area contributed by atoms with Gasteiger partial charge in [0.15, 0.2) is 5.78 Å². The van der Waals surface area contributed by atoms with Crippen LogP contribution in [0.2, 0.25) is 0 Å². The molecule has 0 aliphatic rings. The Morgan fingerprint density at radius 2 is 1.53 bits per heavy atom. The SMILES string of the molecule is O=C(O)c1cccc(C(=O)C(O)c2ccccc2)c1. The van der Waals surface area contributed by atoms with Gasteiger partial charge in [0.1, 0.15) is 6.10 Å².